The van der Waals surface area contributed by atoms with Crippen molar-refractivity contribution in [1.82, 2.24) is 0 Å². The molecule has 0 atom stereocenters. The highest BCUT2D eigenvalue weighted by molar-refractivity contribution is 9.10. The number of carbonyl (C=O) groups excluding carboxylic acids is 1. The minimum atomic E-state index is -2.67. The molecule has 4 aromatic carbocycles. The van der Waals surface area contributed by atoms with Crippen molar-refractivity contribution in [2.75, 3.05) is 5.75 Å². The number of Topliss-reactive ketones (excluding diaryl/α,β-unsaturated/α-hetero) is 1. The molecule has 0 aromatic heterocycles. The van der Waals surface area contributed by atoms with Crippen LogP contribution in [0.5, 0.6) is 0 Å². The fourth-order valence-electron chi connectivity index (χ4n) is 6.07. The summed E-state index contributed by atoms with van der Waals surface area (Å²) in [5.41, 5.74) is 2.22. The van der Waals surface area contributed by atoms with Gasteiger partial charge in [-0.25, -0.2) is 5.46 Å². The summed E-state index contributed by atoms with van der Waals surface area (Å²) in [5.74, 6) is -0.164. The van der Waals surface area contributed by atoms with Gasteiger partial charge in [-0.3, -0.25) is 4.79 Å². The molecule has 0 amide bonds. The summed E-state index contributed by atoms with van der Waals surface area (Å²) >= 11 is 3.36. The fourth-order valence-corrected chi connectivity index (χ4v) is 8.67. The number of hydrogen-bond donors (Lipinski definition) is 0. The van der Waals surface area contributed by atoms with E-state index in [-0.39, 0.29) is 17.7 Å². The summed E-state index contributed by atoms with van der Waals surface area (Å²) in [4.78, 5) is 14.1. The Labute approximate surface area is 270 Å². The van der Waals surface area contributed by atoms with Crippen LogP contribution in [0.1, 0.15) is 69.7 Å². The minimum absolute atomic E-state index is 0.0390. The van der Waals surface area contributed by atoms with Crippen molar-refractivity contribution in [2.24, 2.45) is 0 Å². The highest BCUT2D eigenvalue weighted by Gasteiger charge is 2.37. The van der Waals surface area contributed by atoms with Gasteiger partial charge < -0.3 is 0 Å². The number of rotatable bonds is 15. The number of ketones is 1. The van der Waals surface area contributed by atoms with Gasteiger partial charge in [0.1, 0.15) is 0 Å². The molecule has 0 aliphatic carbocycles. The number of hydrogen-bond acceptors (Lipinski definition) is 2. The lowest BCUT2D eigenvalue weighted by atomic mass is 9.16. The maximum Gasteiger partial charge on any atom is 0.212 e. The molecule has 0 aliphatic rings. The van der Waals surface area contributed by atoms with Gasteiger partial charge in [-0.15, -0.1) is 0 Å². The second kappa shape index (κ2) is 18.1. The van der Waals surface area contributed by atoms with E-state index in [0.717, 1.165) is 4.47 Å². The van der Waals surface area contributed by atoms with Crippen LogP contribution in [0.3, 0.4) is 0 Å². The van der Waals surface area contributed by atoms with Crippen LogP contribution >= 0.6 is 15.9 Å². The van der Waals surface area contributed by atoms with Gasteiger partial charge in [0.05, 0.1) is 0 Å². The van der Waals surface area contributed by atoms with Gasteiger partial charge in [-0.2, -0.15) is 19.0 Å². The fraction of sp³-hybridized carbons (Fsp3) is 0.342. The van der Waals surface area contributed by atoms with Crippen LogP contribution in [0.2, 0.25) is 19.0 Å². The van der Waals surface area contributed by atoms with Gasteiger partial charge in [0.2, 0.25) is 5.78 Å². The Balaban J connectivity index is 0.000000243. The molecule has 0 spiro atoms. The van der Waals surface area contributed by atoms with Gasteiger partial charge >= 0.3 is 0 Å². The maximum absolute atomic E-state index is 13.8. The third-order valence-corrected chi connectivity index (χ3v) is 11.9. The molecule has 5 heteroatoms. The Morgan fingerprint density at radius 2 is 1.00 bits per heavy atom. The normalized spacial score (nSPS) is 11.4. The third-order valence-electron chi connectivity index (χ3n) is 8.59. The first-order valence-electron chi connectivity index (χ1n) is 16.0. The van der Waals surface area contributed by atoms with Crippen LogP contribution < -0.4 is 5.46 Å². The van der Waals surface area contributed by atoms with E-state index < -0.39 is 9.93 Å². The van der Waals surface area contributed by atoms with Gasteiger partial charge in [0.25, 0.3) is 0 Å². The second-order valence-electron chi connectivity index (χ2n) is 11.7. The minimum Gasteiger partial charge on any atom is -0.289 e. The lowest BCUT2D eigenvalue weighted by Gasteiger charge is -2.41. The Morgan fingerprint density at radius 3 is 1.40 bits per heavy atom. The molecule has 0 saturated heterocycles. The van der Waals surface area contributed by atoms with Crippen molar-refractivity contribution >= 4 is 43.3 Å². The molecule has 0 unspecified atom stereocenters. The second-order valence-corrected chi connectivity index (χ2v) is 15.2. The summed E-state index contributed by atoms with van der Waals surface area (Å²) in [6.07, 6.45) is 12.1. The third kappa shape index (κ3) is 10.1. The standard InChI is InChI=1S/C20H16BrO2S.C18H32B/c21-17-13-11-16(12-14-17)20(22)15-24(23,18-7-3-1-4-8-18)19-9-5-2-6-10-19;1-4-7-15-19(16-8-5-2,17-9-6-3)18-13-11-10-12-14-18/h1-14H,15H2;10-14H,4-9,15-17H2,1-3H3/q+1;-1. The predicted octanol–water partition coefficient (Wildman–Crippen LogP) is 11.0. The lowest BCUT2D eigenvalue weighted by molar-refractivity contribution is 0.102. The van der Waals surface area contributed by atoms with Gasteiger partial charge in [0.15, 0.2) is 25.5 Å². The lowest BCUT2D eigenvalue weighted by Crippen LogP contribution is -2.47. The van der Waals surface area contributed by atoms with Crippen LogP contribution in [0.25, 0.3) is 0 Å². The smallest absolute Gasteiger partial charge is 0.212 e. The number of unbranched alkanes of at least 4 members (excludes halogenated alkanes) is 3. The molecule has 0 bridgehead atoms. The summed E-state index contributed by atoms with van der Waals surface area (Å²) in [6, 6.07) is 37.0. The van der Waals surface area contributed by atoms with E-state index in [1.54, 1.807) is 17.6 Å². The van der Waals surface area contributed by atoms with E-state index in [2.05, 4.69) is 67.0 Å². The number of halogens is 1. The largest absolute Gasteiger partial charge is 0.289 e. The molecule has 4 aromatic rings. The Morgan fingerprint density at radius 1 is 0.605 bits per heavy atom. The van der Waals surface area contributed by atoms with Crippen molar-refractivity contribution < 1.29 is 9.00 Å². The molecule has 228 valence electrons. The van der Waals surface area contributed by atoms with Crippen LogP contribution in [0.4, 0.5) is 0 Å². The molecule has 0 aliphatic heterocycles. The topological polar surface area (TPSA) is 34.1 Å². The summed E-state index contributed by atoms with van der Waals surface area (Å²) in [6.45, 7) is 6.97. The monoisotopic (exact) mass is 658 g/mol. The Hall–Kier alpha value is -2.76. The van der Waals surface area contributed by atoms with Crippen molar-refractivity contribution in [2.45, 2.75) is 88.0 Å². The van der Waals surface area contributed by atoms with Crippen LogP contribution in [-0.4, -0.2) is 17.7 Å². The summed E-state index contributed by atoms with van der Waals surface area (Å²) in [7, 11) is -2.67. The summed E-state index contributed by atoms with van der Waals surface area (Å²) in [5, 5.41) is 0. The molecule has 0 N–H and O–H groups in total. The first-order chi connectivity index (χ1) is 20.9. The zero-order valence-electron chi connectivity index (χ0n) is 26.2. The van der Waals surface area contributed by atoms with E-state index in [4.69, 9.17) is 0 Å². The van der Waals surface area contributed by atoms with Gasteiger partial charge in [-0.05, 0) is 36.4 Å². The van der Waals surface area contributed by atoms with Gasteiger partial charge in [0, 0.05) is 16.2 Å². The maximum atomic E-state index is 13.8. The molecule has 0 saturated carbocycles. The van der Waals surface area contributed by atoms with E-state index in [1.807, 2.05) is 72.8 Å². The highest BCUT2D eigenvalue weighted by Crippen LogP contribution is 2.30. The van der Waals surface area contributed by atoms with Crippen LogP contribution in [0.15, 0.2) is 130 Å². The van der Waals surface area contributed by atoms with E-state index in [1.165, 1.54) is 57.5 Å². The SMILES string of the molecule is CCCC[B-](CCCC)(CCCC)c1ccccc1.O=C(C[S+](=O)(c1ccccc1)c1ccccc1)c1ccc(Br)cc1. The van der Waals surface area contributed by atoms with Crippen LogP contribution in [0, 0.1) is 0 Å². The molecular weight excluding hydrogens is 611 g/mol. The molecule has 43 heavy (non-hydrogen) atoms. The number of carbonyl (C=O) groups is 1. The van der Waals surface area contributed by atoms with Crippen LogP contribution in [-0.2, 0) is 14.1 Å². The van der Waals surface area contributed by atoms with Crippen molar-refractivity contribution in [3.8, 4) is 0 Å². The molecule has 2 nitrogen and oxygen atoms in total. The van der Waals surface area contributed by atoms with E-state index >= 15 is 0 Å². The van der Waals surface area contributed by atoms with Gasteiger partial charge in [-0.1, -0.05) is 158 Å². The van der Waals surface area contributed by atoms with Crippen molar-refractivity contribution in [3.63, 3.8) is 0 Å². The summed E-state index contributed by atoms with van der Waals surface area (Å²) < 4.78 is 14.7. The molecule has 0 fully saturated rings. The molecule has 4 rings (SSSR count). The van der Waals surface area contributed by atoms with E-state index in [0.29, 0.717) is 15.4 Å². The first-order valence-corrected chi connectivity index (χ1v) is 18.6. The van der Waals surface area contributed by atoms with Crippen molar-refractivity contribution in [1.29, 1.82) is 0 Å². The highest BCUT2D eigenvalue weighted by atomic mass is 79.9. The molecule has 0 radical (unpaired) electrons. The first kappa shape index (κ1) is 34.7. The molecular formula is C38H48BBrO2S. The average Bonchev–Trinajstić information content (AvgIpc) is 3.06. The number of benzene rings is 4. The average molecular weight is 660 g/mol. The Bertz CT molecular complexity index is 1330. The zero-order chi connectivity index (χ0) is 31.0. The van der Waals surface area contributed by atoms with Crippen molar-refractivity contribution in [3.05, 3.63) is 125 Å². The Kier molecular flexibility index (Phi) is 14.7. The van der Waals surface area contributed by atoms with E-state index in [9.17, 15) is 9.00 Å². The predicted molar refractivity (Wildman–Crippen MR) is 192 cm³/mol. The zero-order valence-corrected chi connectivity index (χ0v) is 28.6. The quantitative estimate of drug-likeness (QED) is 0.0723. The molecule has 0 heterocycles.